The summed E-state index contributed by atoms with van der Waals surface area (Å²) in [5.74, 6) is -0.846. The summed E-state index contributed by atoms with van der Waals surface area (Å²) in [5.41, 5.74) is 6.42. The van der Waals surface area contributed by atoms with Gasteiger partial charge in [-0.3, -0.25) is 4.79 Å². The number of carbonyl (C=O) groups excluding carboxylic acids is 1. The zero-order valence-corrected chi connectivity index (χ0v) is 11.5. The maximum Gasteiger partial charge on any atom is 0.227 e. The number of aromatic nitrogens is 1. The Bertz CT molecular complexity index is 599. The zero-order valence-electron chi connectivity index (χ0n) is 9.91. The van der Waals surface area contributed by atoms with Gasteiger partial charge in [-0.25, -0.2) is 18.5 Å². The number of nitrogens with two attached hydrogens (primary N) is 2. The predicted molar refractivity (Wildman–Crippen MR) is 72.1 cm³/mol. The first-order valence-corrected chi connectivity index (χ1v) is 7.58. The van der Waals surface area contributed by atoms with Gasteiger partial charge in [-0.15, -0.1) is 0 Å². The summed E-state index contributed by atoms with van der Waals surface area (Å²) in [6.07, 6.45) is 1.53. The molecule has 0 radical (unpaired) electrons. The van der Waals surface area contributed by atoms with Crippen molar-refractivity contribution in [1.29, 1.82) is 0 Å². The summed E-state index contributed by atoms with van der Waals surface area (Å²) in [7, 11) is -3.62. The predicted octanol–water partition coefficient (Wildman–Crippen LogP) is -0.0414. The number of pyridine rings is 1. The minimum atomic E-state index is -3.62. The maximum atomic E-state index is 11.9. The lowest BCUT2D eigenvalue weighted by Crippen LogP contribution is -2.28. The third-order valence-electron chi connectivity index (χ3n) is 2.85. The molecule has 1 aromatic rings. The van der Waals surface area contributed by atoms with Crippen molar-refractivity contribution in [2.45, 2.75) is 6.42 Å². The van der Waals surface area contributed by atoms with Crippen LogP contribution in [-0.2, 0) is 14.8 Å². The molecule has 1 atom stereocenters. The lowest BCUT2D eigenvalue weighted by atomic mass is 10.1. The second-order valence-electron chi connectivity index (χ2n) is 4.44. The molecule has 0 bridgehead atoms. The van der Waals surface area contributed by atoms with Crippen molar-refractivity contribution >= 4 is 38.9 Å². The molecule has 0 aromatic carbocycles. The smallest absolute Gasteiger partial charge is 0.227 e. The monoisotopic (exact) mass is 304 g/mol. The fourth-order valence-electron chi connectivity index (χ4n) is 2.15. The van der Waals surface area contributed by atoms with Gasteiger partial charge in [0, 0.05) is 25.1 Å². The van der Waals surface area contributed by atoms with Crippen LogP contribution in [0.3, 0.4) is 0 Å². The zero-order chi connectivity index (χ0) is 14.2. The molecule has 9 heteroatoms. The summed E-state index contributed by atoms with van der Waals surface area (Å²) in [6.45, 7) is 0.213. The number of hydrogen-bond donors (Lipinski definition) is 2. The van der Waals surface area contributed by atoms with Gasteiger partial charge in [0.2, 0.25) is 15.9 Å². The summed E-state index contributed by atoms with van der Waals surface area (Å²) in [4.78, 5) is 17.2. The topological polar surface area (TPSA) is 119 Å². The Morgan fingerprint density at radius 2 is 2.21 bits per heavy atom. The van der Waals surface area contributed by atoms with Gasteiger partial charge in [-0.1, -0.05) is 11.6 Å². The Kier molecular flexibility index (Phi) is 3.66. The van der Waals surface area contributed by atoms with Crippen molar-refractivity contribution in [3.05, 3.63) is 17.4 Å². The summed E-state index contributed by atoms with van der Waals surface area (Å²) in [6, 6.07) is 1.53. The Balaban J connectivity index is 2.26. The number of nitrogens with zero attached hydrogens (tertiary/aromatic N) is 2. The Morgan fingerprint density at radius 1 is 1.53 bits per heavy atom. The van der Waals surface area contributed by atoms with Crippen molar-refractivity contribution in [2.75, 3.05) is 22.9 Å². The lowest BCUT2D eigenvalue weighted by molar-refractivity contribution is -0.117. The van der Waals surface area contributed by atoms with Crippen LogP contribution >= 0.6 is 11.6 Å². The second kappa shape index (κ2) is 4.95. The Labute approximate surface area is 115 Å². The van der Waals surface area contributed by atoms with Gasteiger partial charge in [0.1, 0.15) is 5.69 Å². The number of sulfonamides is 1. The summed E-state index contributed by atoms with van der Waals surface area (Å²) in [5, 5.41) is 5.10. The van der Waals surface area contributed by atoms with E-state index in [4.69, 9.17) is 22.5 Å². The molecule has 1 aromatic heterocycles. The highest BCUT2D eigenvalue weighted by molar-refractivity contribution is 7.89. The lowest BCUT2D eigenvalue weighted by Gasteiger charge is -2.19. The van der Waals surface area contributed by atoms with Gasteiger partial charge in [0.25, 0.3) is 0 Å². The molecule has 1 aliphatic rings. The van der Waals surface area contributed by atoms with Gasteiger partial charge in [-0.05, 0) is 6.07 Å². The molecular formula is C10H13ClN4O3S. The highest BCUT2D eigenvalue weighted by Gasteiger charge is 2.34. The molecule has 19 heavy (non-hydrogen) atoms. The number of halogens is 1. The molecule has 1 fully saturated rings. The number of amides is 1. The van der Waals surface area contributed by atoms with Crippen LogP contribution in [0.1, 0.15) is 6.42 Å². The fourth-order valence-corrected chi connectivity index (χ4v) is 3.30. The quantitative estimate of drug-likeness (QED) is 0.759. The van der Waals surface area contributed by atoms with Crippen molar-refractivity contribution in [3.63, 3.8) is 0 Å². The third kappa shape index (κ3) is 3.14. The Hall–Kier alpha value is -1.38. The summed E-state index contributed by atoms with van der Waals surface area (Å²) < 4.78 is 22.1. The molecule has 0 saturated carbocycles. The number of carbonyl (C=O) groups is 1. The van der Waals surface area contributed by atoms with E-state index in [-0.39, 0.29) is 35.7 Å². The van der Waals surface area contributed by atoms with Crippen LogP contribution < -0.4 is 15.8 Å². The largest absolute Gasteiger partial charge is 0.397 e. The van der Waals surface area contributed by atoms with Crippen LogP contribution in [0.25, 0.3) is 0 Å². The van der Waals surface area contributed by atoms with E-state index in [1.165, 1.54) is 17.2 Å². The van der Waals surface area contributed by atoms with Crippen LogP contribution in [0.2, 0.25) is 5.15 Å². The van der Waals surface area contributed by atoms with Crippen LogP contribution in [0.4, 0.5) is 11.4 Å². The van der Waals surface area contributed by atoms with E-state index in [0.29, 0.717) is 11.4 Å². The van der Waals surface area contributed by atoms with E-state index in [1.807, 2.05) is 0 Å². The molecule has 104 valence electrons. The SMILES string of the molecule is Nc1ccnc(Cl)c1N1CC(CS(N)(=O)=O)CC1=O. The van der Waals surface area contributed by atoms with Crippen molar-refractivity contribution in [1.82, 2.24) is 4.98 Å². The number of primary sulfonamides is 1. The average Bonchev–Trinajstić information content (AvgIpc) is 2.56. The maximum absolute atomic E-state index is 11.9. The van der Waals surface area contributed by atoms with Crippen molar-refractivity contribution < 1.29 is 13.2 Å². The molecule has 4 N–H and O–H groups in total. The van der Waals surface area contributed by atoms with Crippen LogP contribution in [0, 0.1) is 5.92 Å². The standard InChI is InChI=1S/C10H13ClN4O3S/c11-10-9(7(12)1-2-14-10)15-4-6(3-8(15)16)5-19(13,17)18/h1-2,6H,3-5H2,(H2,12,14)(H2,13,17,18). The van der Waals surface area contributed by atoms with E-state index < -0.39 is 10.0 Å². The molecule has 2 heterocycles. The minimum absolute atomic E-state index is 0.0983. The molecule has 1 aliphatic heterocycles. The summed E-state index contributed by atoms with van der Waals surface area (Å²) >= 11 is 5.93. The molecule has 1 amide bonds. The highest BCUT2D eigenvalue weighted by atomic mass is 35.5. The van der Waals surface area contributed by atoms with E-state index in [2.05, 4.69) is 4.98 Å². The van der Waals surface area contributed by atoms with Crippen molar-refractivity contribution in [3.8, 4) is 0 Å². The second-order valence-corrected chi connectivity index (χ2v) is 6.46. The molecule has 1 unspecified atom stereocenters. The van der Waals surface area contributed by atoms with Crippen molar-refractivity contribution in [2.24, 2.45) is 11.1 Å². The van der Waals surface area contributed by atoms with Gasteiger partial charge in [0.05, 0.1) is 11.4 Å². The molecule has 7 nitrogen and oxygen atoms in total. The molecule has 1 saturated heterocycles. The number of nitrogen functional groups attached to an aromatic ring is 1. The minimum Gasteiger partial charge on any atom is -0.397 e. The number of anilines is 2. The van der Waals surface area contributed by atoms with Crippen LogP contribution in [0.15, 0.2) is 12.3 Å². The van der Waals surface area contributed by atoms with Gasteiger partial charge in [-0.2, -0.15) is 0 Å². The van der Waals surface area contributed by atoms with E-state index >= 15 is 0 Å². The normalized spacial score (nSPS) is 20.0. The first-order chi connectivity index (χ1) is 8.78. The van der Waals surface area contributed by atoms with E-state index in [1.54, 1.807) is 0 Å². The molecule has 0 spiro atoms. The van der Waals surface area contributed by atoms with E-state index in [0.717, 1.165) is 0 Å². The first kappa shape index (κ1) is 14.0. The Morgan fingerprint density at radius 3 is 2.79 bits per heavy atom. The third-order valence-corrected chi connectivity index (χ3v) is 4.07. The van der Waals surface area contributed by atoms with Gasteiger partial charge >= 0.3 is 0 Å². The molecule has 2 rings (SSSR count). The molecular weight excluding hydrogens is 292 g/mol. The van der Waals surface area contributed by atoms with Gasteiger partial charge < -0.3 is 10.6 Å². The number of rotatable bonds is 3. The number of hydrogen-bond acceptors (Lipinski definition) is 5. The molecule has 0 aliphatic carbocycles. The highest BCUT2D eigenvalue weighted by Crippen LogP contribution is 2.34. The van der Waals surface area contributed by atoms with Crippen LogP contribution in [-0.4, -0.2) is 31.6 Å². The van der Waals surface area contributed by atoms with E-state index in [9.17, 15) is 13.2 Å². The van der Waals surface area contributed by atoms with Gasteiger partial charge in [0.15, 0.2) is 5.15 Å². The average molecular weight is 305 g/mol. The first-order valence-electron chi connectivity index (χ1n) is 5.49. The fraction of sp³-hybridized carbons (Fsp3) is 0.400. The van der Waals surface area contributed by atoms with Crippen LogP contribution in [0.5, 0.6) is 0 Å².